The summed E-state index contributed by atoms with van der Waals surface area (Å²) >= 11 is 1.17. The first-order valence-electron chi connectivity index (χ1n) is 7.35. The van der Waals surface area contributed by atoms with E-state index in [-0.39, 0.29) is 17.4 Å². The van der Waals surface area contributed by atoms with E-state index in [1.165, 1.54) is 36.0 Å². The number of halogens is 1. The van der Waals surface area contributed by atoms with Crippen LogP contribution in [0.5, 0.6) is 0 Å². The second kappa shape index (κ2) is 6.97. The number of ketones is 1. The van der Waals surface area contributed by atoms with Crippen molar-refractivity contribution in [3.8, 4) is 11.5 Å². The third-order valence-corrected chi connectivity index (χ3v) is 4.19. The second-order valence-electron chi connectivity index (χ2n) is 5.47. The first-order chi connectivity index (χ1) is 11.5. The molecule has 6 heteroatoms. The molecule has 1 heterocycles. The zero-order chi connectivity index (χ0) is 17.1. The maximum Gasteiger partial charge on any atom is 0.277 e. The number of rotatable bonds is 5. The van der Waals surface area contributed by atoms with Gasteiger partial charge in [-0.3, -0.25) is 4.79 Å². The summed E-state index contributed by atoms with van der Waals surface area (Å²) in [5, 5.41) is 8.33. The van der Waals surface area contributed by atoms with Gasteiger partial charge in [0.15, 0.2) is 5.78 Å². The number of hydrogen-bond acceptors (Lipinski definition) is 5. The number of carbonyl (C=O) groups is 1. The second-order valence-corrected chi connectivity index (χ2v) is 6.39. The number of Topliss-reactive ketones (excluding diaryl/α,β-unsaturated/α-hetero) is 1. The maximum atomic E-state index is 12.9. The highest BCUT2D eigenvalue weighted by atomic mass is 32.2. The number of nitrogens with zero attached hydrogens (tertiary/aromatic N) is 2. The Labute approximate surface area is 143 Å². The molecular formula is C18H15FN2O2S. The van der Waals surface area contributed by atoms with Crippen LogP contribution in [0.25, 0.3) is 11.5 Å². The predicted molar refractivity (Wildman–Crippen MR) is 90.7 cm³/mol. The first-order valence-corrected chi connectivity index (χ1v) is 8.33. The molecule has 0 fully saturated rings. The largest absolute Gasteiger partial charge is 0.411 e. The van der Waals surface area contributed by atoms with Gasteiger partial charge in [0.2, 0.25) is 5.89 Å². The van der Waals surface area contributed by atoms with Crippen LogP contribution in [-0.4, -0.2) is 21.7 Å². The van der Waals surface area contributed by atoms with Crippen LogP contribution >= 0.6 is 11.8 Å². The Morgan fingerprint density at radius 3 is 2.42 bits per heavy atom. The lowest BCUT2D eigenvalue weighted by Gasteiger charge is -2.00. The average Bonchev–Trinajstić information content (AvgIpc) is 3.01. The van der Waals surface area contributed by atoms with Crippen molar-refractivity contribution in [1.29, 1.82) is 0 Å². The fourth-order valence-corrected chi connectivity index (χ4v) is 2.99. The van der Waals surface area contributed by atoms with E-state index >= 15 is 0 Å². The summed E-state index contributed by atoms with van der Waals surface area (Å²) in [4.78, 5) is 12.1. The van der Waals surface area contributed by atoms with Crippen LogP contribution in [0.15, 0.2) is 52.1 Å². The van der Waals surface area contributed by atoms with Gasteiger partial charge in [-0.1, -0.05) is 29.0 Å². The van der Waals surface area contributed by atoms with E-state index < -0.39 is 0 Å². The highest BCUT2D eigenvalue weighted by Crippen LogP contribution is 2.25. The molecule has 1 aromatic heterocycles. The van der Waals surface area contributed by atoms with Gasteiger partial charge in [0.25, 0.3) is 5.22 Å². The van der Waals surface area contributed by atoms with E-state index in [1.54, 1.807) is 0 Å². The summed E-state index contributed by atoms with van der Waals surface area (Å²) in [5.74, 6) is 0.0963. The summed E-state index contributed by atoms with van der Waals surface area (Å²) in [7, 11) is 0. The Balaban J connectivity index is 1.68. The number of benzene rings is 2. The number of carbonyl (C=O) groups excluding carboxylic acids is 1. The Kier molecular flexibility index (Phi) is 4.76. The van der Waals surface area contributed by atoms with E-state index in [4.69, 9.17) is 4.42 Å². The van der Waals surface area contributed by atoms with Gasteiger partial charge in [-0.05, 0) is 50.2 Å². The lowest BCUT2D eigenvalue weighted by atomic mass is 10.1. The van der Waals surface area contributed by atoms with E-state index in [0.717, 1.165) is 16.7 Å². The van der Waals surface area contributed by atoms with Crippen LogP contribution in [0.3, 0.4) is 0 Å². The predicted octanol–water partition coefficient (Wildman–Crippen LogP) is 4.47. The van der Waals surface area contributed by atoms with Crippen molar-refractivity contribution >= 4 is 17.5 Å². The Morgan fingerprint density at radius 1 is 1.08 bits per heavy atom. The molecule has 3 rings (SSSR count). The van der Waals surface area contributed by atoms with Gasteiger partial charge in [0.1, 0.15) is 5.82 Å². The number of thioether (sulfide) groups is 1. The molecule has 0 aliphatic carbocycles. The summed E-state index contributed by atoms with van der Waals surface area (Å²) in [6.45, 7) is 4.01. The van der Waals surface area contributed by atoms with Gasteiger partial charge in [0, 0.05) is 11.1 Å². The van der Waals surface area contributed by atoms with Crippen LogP contribution < -0.4 is 0 Å². The standard InChI is InChI=1S/C18H15FN2O2S/c1-11-7-12(2)9-14(8-11)17-20-21-18(23-17)24-10-16(22)13-3-5-15(19)6-4-13/h3-9H,10H2,1-2H3. The lowest BCUT2D eigenvalue weighted by molar-refractivity contribution is 0.102. The van der Waals surface area contributed by atoms with Crippen LogP contribution in [0.4, 0.5) is 4.39 Å². The number of hydrogen-bond donors (Lipinski definition) is 0. The summed E-state index contributed by atoms with van der Waals surface area (Å²) < 4.78 is 18.5. The maximum absolute atomic E-state index is 12.9. The summed E-state index contributed by atoms with van der Waals surface area (Å²) in [5.41, 5.74) is 3.54. The Bertz CT molecular complexity index is 855. The Hall–Kier alpha value is -2.47. The SMILES string of the molecule is Cc1cc(C)cc(-c2nnc(SCC(=O)c3ccc(F)cc3)o2)c1. The van der Waals surface area contributed by atoms with Crippen molar-refractivity contribution in [1.82, 2.24) is 10.2 Å². The van der Waals surface area contributed by atoms with Gasteiger partial charge >= 0.3 is 0 Å². The van der Waals surface area contributed by atoms with Gasteiger partial charge in [0.05, 0.1) is 5.75 Å². The fourth-order valence-electron chi connectivity index (χ4n) is 2.33. The fraction of sp³-hybridized carbons (Fsp3) is 0.167. The van der Waals surface area contributed by atoms with Gasteiger partial charge in [-0.25, -0.2) is 4.39 Å². The summed E-state index contributed by atoms with van der Waals surface area (Å²) in [6, 6.07) is 11.5. The minimum Gasteiger partial charge on any atom is -0.411 e. The molecule has 0 unspecified atom stereocenters. The Morgan fingerprint density at radius 2 is 1.75 bits per heavy atom. The van der Waals surface area contributed by atoms with E-state index in [2.05, 4.69) is 16.3 Å². The molecule has 3 aromatic rings. The van der Waals surface area contributed by atoms with Gasteiger partial charge in [-0.2, -0.15) is 0 Å². The zero-order valence-corrected chi connectivity index (χ0v) is 14.1. The molecule has 2 aromatic carbocycles. The van der Waals surface area contributed by atoms with Crippen molar-refractivity contribution in [2.45, 2.75) is 19.1 Å². The van der Waals surface area contributed by atoms with Crippen molar-refractivity contribution in [3.63, 3.8) is 0 Å². The molecule has 0 saturated heterocycles. The van der Waals surface area contributed by atoms with Crippen molar-refractivity contribution < 1.29 is 13.6 Å². The molecule has 4 nitrogen and oxygen atoms in total. The molecule has 0 N–H and O–H groups in total. The smallest absolute Gasteiger partial charge is 0.277 e. The molecule has 0 amide bonds. The monoisotopic (exact) mass is 342 g/mol. The van der Waals surface area contributed by atoms with Crippen LogP contribution in [0.1, 0.15) is 21.5 Å². The van der Waals surface area contributed by atoms with Gasteiger partial charge in [-0.15, -0.1) is 10.2 Å². The van der Waals surface area contributed by atoms with Crippen molar-refractivity contribution in [2.75, 3.05) is 5.75 Å². The molecule has 0 radical (unpaired) electrons. The molecule has 122 valence electrons. The van der Waals surface area contributed by atoms with Crippen LogP contribution in [-0.2, 0) is 0 Å². The van der Waals surface area contributed by atoms with Crippen molar-refractivity contribution in [2.24, 2.45) is 0 Å². The van der Waals surface area contributed by atoms with Crippen LogP contribution in [0, 0.1) is 19.7 Å². The normalized spacial score (nSPS) is 10.8. The van der Waals surface area contributed by atoms with E-state index in [9.17, 15) is 9.18 Å². The zero-order valence-electron chi connectivity index (χ0n) is 13.2. The number of aryl methyl sites for hydroxylation is 2. The quantitative estimate of drug-likeness (QED) is 0.506. The lowest BCUT2D eigenvalue weighted by Crippen LogP contribution is -2.02. The van der Waals surface area contributed by atoms with E-state index in [0.29, 0.717) is 16.7 Å². The van der Waals surface area contributed by atoms with Crippen molar-refractivity contribution in [3.05, 3.63) is 65.0 Å². The third-order valence-electron chi connectivity index (χ3n) is 3.37. The van der Waals surface area contributed by atoms with Crippen LogP contribution in [0.2, 0.25) is 0 Å². The highest BCUT2D eigenvalue weighted by molar-refractivity contribution is 7.99. The minimum absolute atomic E-state index is 0.119. The molecular weight excluding hydrogens is 327 g/mol. The molecule has 0 aliphatic heterocycles. The first kappa shape index (κ1) is 16.4. The number of aromatic nitrogens is 2. The van der Waals surface area contributed by atoms with E-state index in [1.807, 2.05) is 26.0 Å². The molecule has 24 heavy (non-hydrogen) atoms. The summed E-state index contributed by atoms with van der Waals surface area (Å²) in [6.07, 6.45) is 0. The third kappa shape index (κ3) is 3.89. The molecule has 0 aliphatic rings. The topological polar surface area (TPSA) is 56.0 Å². The highest BCUT2D eigenvalue weighted by Gasteiger charge is 2.13. The molecule has 0 saturated carbocycles. The molecule has 0 bridgehead atoms. The minimum atomic E-state index is -0.366. The average molecular weight is 342 g/mol. The van der Waals surface area contributed by atoms with Gasteiger partial charge < -0.3 is 4.42 Å². The molecule has 0 spiro atoms. The molecule has 0 atom stereocenters.